The Morgan fingerprint density at radius 2 is 2.14 bits per heavy atom. The van der Waals surface area contributed by atoms with E-state index in [9.17, 15) is 9.90 Å². The number of hydrogen-bond donors (Lipinski definition) is 2. The highest BCUT2D eigenvalue weighted by atomic mass is 79.9. The van der Waals surface area contributed by atoms with Crippen molar-refractivity contribution in [2.24, 2.45) is 0 Å². The highest BCUT2D eigenvalue weighted by Gasteiger charge is 2.22. The molecule has 0 bridgehead atoms. The molecule has 0 heterocycles. The van der Waals surface area contributed by atoms with Gasteiger partial charge >= 0.3 is 5.97 Å². The van der Waals surface area contributed by atoms with Crippen molar-refractivity contribution in [2.45, 2.75) is 13.0 Å². The van der Waals surface area contributed by atoms with E-state index in [0.717, 1.165) is 4.47 Å². The van der Waals surface area contributed by atoms with Crippen molar-refractivity contribution in [3.05, 3.63) is 32.8 Å². The zero-order valence-electron chi connectivity index (χ0n) is 7.29. The van der Waals surface area contributed by atoms with Gasteiger partial charge in [0, 0.05) is 15.1 Å². The van der Waals surface area contributed by atoms with Crippen LogP contribution >= 0.6 is 27.5 Å². The van der Waals surface area contributed by atoms with Crippen molar-refractivity contribution < 1.29 is 15.0 Å². The Kier molecular flexibility index (Phi) is 3.53. The van der Waals surface area contributed by atoms with Gasteiger partial charge < -0.3 is 10.2 Å². The molecular weight excluding hydrogens is 271 g/mol. The Bertz CT molecular complexity index is 379. The molecule has 1 unspecified atom stereocenters. The second kappa shape index (κ2) is 4.29. The van der Waals surface area contributed by atoms with Crippen molar-refractivity contribution in [1.29, 1.82) is 0 Å². The lowest BCUT2D eigenvalue weighted by Gasteiger charge is -2.12. The minimum atomic E-state index is -1.58. The Balaban J connectivity index is 3.32. The molecule has 0 aliphatic rings. The van der Waals surface area contributed by atoms with E-state index in [4.69, 9.17) is 16.7 Å². The maximum Gasteiger partial charge on any atom is 0.337 e. The minimum Gasteiger partial charge on any atom is -0.479 e. The molecule has 1 aromatic carbocycles. The zero-order valence-corrected chi connectivity index (χ0v) is 9.63. The van der Waals surface area contributed by atoms with Gasteiger partial charge in [-0.15, -0.1) is 0 Å². The van der Waals surface area contributed by atoms with E-state index >= 15 is 0 Å². The summed E-state index contributed by atoms with van der Waals surface area (Å²) in [6, 6.07) is 3.25. The maximum atomic E-state index is 10.6. The Morgan fingerprint density at radius 1 is 1.57 bits per heavy atom. The van der Waals surface area contributed by atoms with E-state index in [1.54, 1.807) is 19.1 Å². The van der Waals surface area contributed by atoms with Crippen LogP contribution in [-0.2, 0) is 4.79 Å². The number of carbonyl (C=O) groups is 1. The van der Waals surface area contributed by atoms with Crippen LogP contribution < -0.4 is 0 Å². The van der Waals surface area contributed by atoms with Crippen LogP contribution in [0, 0.1) is 6.92 Å². The van der Waals surface area contributed by atoms with Crippen LogP contribution in [0.1, 0.15) is 17.2 Å². The van der Waals surface area contributed by atoms with Crippen molar-refractivity contribution in [3.8, 4) is 0 Å². The van der Waals surface area contributed by atoms with Gasteiger partial charge in [0.15, 0.2) is 6.10 Å². The van der Waals surface area contributed by atoms with Gasteiger partial charge in [-0.05, 0) is 24.6 Å². The molecular formula is C9H8BrClO3. The first-order chi connectivity index (χ1) is 6.45. The van der Waals surface area contributed by atoms with Gasteiger partial charge in [-0.3, -0.25) is 0 Å². The number of aliphatic hydroxyl groups excluding tert-OH is 1. The number of benzene rings is 1. The number of aliphatic carboxylic acids is 1. The summed E-state index contributed by atoms with van der Waals surface area (Å²) in [5.41, 5.74) is 0.862. The largest absolute Gasteiger partial charge is 0.479 e. The number of halogens is 2. The quantitative estimate of drug-likeness (QED) is 0.874. The fourth-order valence-corrected chi connectivity index (χ4v) is 1.78. The highest BCUT2D eigenvalue weighted by molar-refractivity contribution is 9.10. The molecule has 5 heteroatoms. The van der Waals surface area contributed by atoms with Crippen molar-refractivity contribution in [2.75, 3.05) is 0 Å². The van der Waals surface area contributed by atoms with E-state index in [1.807, 2.05) is 0 Å². The summed E-state index contributed by atoms with van der Waals surface area (Å²) in [5, 5.41) is 18.3. The average Bonchev–Trinajstić information content (AvgIpc) is 2.12. The molecule has 14 heavy (non-hydrogen) atoms. The normalized spacial score (nSPS) is 12.6. The van der Waals surface area contributed by atoms with Crippen molar-refractivity contribution >= 4 is 33.5 Å². The van der Waals surface area contributed by atoms with E-state index in [2.05, 4.69) is 15.9 Å². The number of hydrogen-bond acceptors (Lipinski definition) is 2. The van der Waals surface area contributed by atoms with Gasteiger partial charge in [-0.25, -0.2) is 4.79 Å². The SMILES string of the molecule is Cc1c(Br)ccc(Cl)c1C(O)C(=O)O. The summed E-state index contributed by atoms with van der Waals surface area (Å²) in [4.78, 5) is 10.6. The fraction of sp³-hybridized carbons (Fsp3) is 0.222. The van der Waals surface area contributed by atoms with E-state index in [-0.39, 0.29) is 10.6 Å². The van der Waals surface area contributed by atoms with Gasteiger partial charge in [-0.1, -0.05) is 27.5 Å². The summed E-state index contributed by atoms with van der Waals surface area (Å²) >= 11 is 9.03. The fourth-order valence-electron chi connectivity index (χ4n) is 1.13. The molecule has 1 rings (SSSR count). The topological polar surface area (TPSA) is 57.5 Å². The van der Waals surface area contributed by atoms with E-state index in [0.29, 0.717) is 5.56 Å². The van der Waals surface area contributed by atoms with Crippen LogP contribution in [0.5, 0.6) is 0 Å². The van der Waals surface area contributed by atoms with Crippen LogP contribution in [0.15, 0.2) is 16.6 Å². The average molecular weight is 280 g/mol. The Hall–Kier alpha value is -0.580. The molecule has 0 amide bonds. The molecule has 2 N–H and O–H groups in total. The van der Waals surface area contributed by atoms with Gasteiger partial charge in [0.25, 0.3) is 0 Å². The molecule has 3 nitrogen and oxygen atoms in total. The summed E-state index contributed by atoms with van der Waals surface area (Å²) in [6.45, 7) is 1.69. The lowest BCUT2D eigenvalue weighted by atomic mass is 10.0. The van der Waals surface area contributed by atoms with Crippen LogP contribution in [0.2, 0.25) is 5.02 Å². The molecule has 0 aromatic heterocycles. The van der Waals surface area contributed by atoms with Gasteiger partial charge in [0.05, 0.1) is 0 Å². The predicted octanol–water partition coefficient (Wildman–Crippen LogP) is 2.53. The number of carboxylic acids is 1. The monoisotopic (exact) mass is 278 g/mol. The first kappa shape index (κ1) is 11.5. The summed E-state index contributed by atoms with van der Waals surface area (Å²) in [7, 11) is 0. The number of carboxylic acid groups (broad SMARTS) is 1. The van der Waals surface area contributed by atoms with Gasteiger partial charge in [0.2, 0.25) is 0 Å². The molecule has 0 aliphatic heterocycles. The molecule has 0 aliphatic carbocycles. The lowest BCUT2D eigenvalue weighted by molar-refractivity contribution is -0.147. The Morgan fingerprint density at radius 3 is 2.64 bits per heavy atom. The standard InChI is InChI=1S/C9H8BrClO3/c1-4-5(10)2-3-6(11)7(4)8(12)9(13)14/h2-3,8,12H,1H3,(H,13,14). The smallest absolute Gasteiger partial charge is 0.337 e. The highest BCUT2D eigenvalue weighted by Crippen LogP contribution is 2.31. The molecule has 0 radical (unpaired) electrons. The molecule has 0 spiro atoms. The summed E-state index contributed by atoms with van der Waals surface area (Å²) in [6.07, 6.45) is -1.58. The second-order valence-electron chi connectivity index (χ2n) is 2.81. The van der Waals surface area contributed by atoms with E-state index < -0.39 is 12.1 Å². The predicted molar refractivity (Wildman–Crippen MR) is 56.5 cm³/mol. The second-order valence-corrected chi connectivity index (χ2v) is 4.07. The molecule has 0 fully saturated rings. The third kappa shape index (κ3) is 2.08. The summed E-state index contributed by atoms with van der Waals surface area (Å²) < 4.78 is 0.720. The van der Waals surface area contributed by atoms with E-state index in [1.165, 1.54) is 0 Å². The zero-order chi connectivity index (χ0) is 10.9. The molecule has 76 valence electrons. The molecule has 0 saturated heterocycles. The third-order valence-corrected chi connectivity index (χ3v) is 3.09. The van der Waals surface area contributed by atoms with Gasteiger partial charge in [-0.2, -0.15) is 0 Å². The number of aliphatic hydroxyl groups is 1. The third-order valence-electron chi connectivity index (χ3n) is 1.90. The van der Waals surface area contributed by atoms with Crippen molar-refractivity contribution in [3.63, 3.8) is 0 Å². The molecule has 0 saturated carbocycles. The number of rotatable bonds is 2. The van der Waals surface area contributed by atoms with Crippen molar-refractivity contribution in [1.82, 2.24) is 0 Å². The van der Waals surface area contributed by atoms with Crippen LogP contribution in [0.3, 0.4) is 0 Å². The first-order valence-electron chi connectivity index (χ1n) is 3.80. The minimum absolute atomic E-state index is 0.230. The maximum absolute atomic E-state index is 10.6. The van der Waals surface area contributed by atoms with Crippen LogP contribution in [0.4, 0.5) is 0 Å². The lowest BCUT2D eigenvalue weighted by Crippen LogP contribution is -2.12. The Labute approximate surface area is 94.4 Å². The van der Waals surface area contributed by atoms with Crippen LogP contribution in [0.25, 0.3) is 0 Å². The first-order valence-corrected chi connectivity index (χ1v) is 4.97. The molecule has 1 aromatic rings. The molecule has 1 atom stereocenters. The van der Waals surface area contributed by atoms with Gasteiger partial charge in [0.1, 0.15) is 0 Å². The summed E-state index contributed by atoms with van der Waals surface area (Å²) in [5.74, 6) is -1.31. The van der Waals surface area contributed by atoms with Crippen LogP contribution in [-0.4, -0.2) is 16.2 Å².